The fourth-order valence-corrected chi connectivity index (χ4v) is 2.33. The number of nitrogens with one attached hydrogen (secondary N) is 1. The summed E-state index contributed by atoms with van der Waals surface area (Å²) in [7, 11) is 0. The molecular formula is C14H22N2S. The highest BCUT2D eigenvalue weighted by atomic mass is 32.1. The first-order valence-electron chi connectivity index (χ1n) is 6.13. The van der Waals surface area contributed by atoms with Gasteiger partial charge in [-0.25, -0.2) is 4.98 Å². The van der Waals surface area contributed by atoms with Crippen molar-refractivity contribution in [3.05, 3.63) is 16.1 Å². The second-order valence-corrected chi connectivity index (χ2v) is 6.09. The van der Waals surface area contributed by atoms with E-state index in [9.17, 15) is 0 Å². The molecule has 3 heteroatoms. The summed E-state index contributed by atoms with van der Waals surface area (Å²) in [6.07, 6.45) is 8.32. The molecule has 1 heterocycles. The maximum Gasteiger partial charge on any atom is 0.0982 e. The van der Waals surface area contributed by atoms with Crippen LogP contribution in [-0.4, -0.2) is 11.5 Å². The van der Waals surface area contributed by atoms with Crippen LogP contribution in [0.5, 0.6) is 0 Å². The predicted octanol–water partition coefficient (Wildman–Crippen LogP) is 3.33. The highest BCUT2D eigenvalue weighted by Crippen LogP contribution is 2.25. The third-order valence-corrected chi connectivity index (χ3v) is 3.74. The summed E-state index contributed by atoms with van der Waals surface area (Å²) in [4.78, 5) is 4.64. The molecule has 0 fully saturated rings. The molecular weight excluding hydrogens is 228 g/mol. The molecule has 94 valence electrons. The Labute approximate surface area is 109 Å². The molecule has 0 bridgehead atoms. The van der Waals surface area contributed by atoms with Gasteiger partial charge in [0.1, 0.15) is 0 Å². The fourth-order valence-electron chi connectivity index (χ4n) is 1.43. The SMILES string of the molecule is C#CCCCCNCc1csc(C(C)(C)C)n1. The van der Waals surface area contributed by atoms with Crippen molar-refractivity contribution in [2.45, 2.75) is 52.0 Å². The Balaban J connectivity index is 2.24. The molecule has 0 aliphatic carbocycles. The van der Waals surface area contributed by atoms with E-state index in [0.29, 0.717) is 0 Å². The molecule has 0 atom stereocenters. The van der Waals surface area contributed by atoms with Crippen molar-refractivity contribution in [2.24, 2.45) is 0 Å². The highest BCUT2D eigenvalue weighted by Gasteiger charge is 2.17. The van der Waals surface area contributed by atoms with Crippen molar-refractivity contribution in [3.8, 4) is 12.3 Å². The molecule has 0 spiro atoms. The second-order valence-electron chi connectivity index (χ2n) is 5.23. The number of thiazole rings is 1. The number of nitrogens with zero attached hydrogens (tertiary/aromatic N) is 1. The van der Waals surface area contributed by atoms with E-state index in [0.717, 1.165) is 38.0 Å². The fraction of sp³-hybridized carbons (Fsp3) is 0.643. The molecule has 0 saturated carbocycles. The number of terminal acetylenes is 1. The van der Waals surface area contributed by atoms with Gasteiger partial charge < -0.3 is 5.32 Å². The molecule has 0 aliphatic heterocycles. The van der Waals surface area contributed by atoms with Gasteiger partial charge in [-0.05, 0) is 19.4 Å². The topological polar surface area (TPSA) is 24.9 Å². The molecule has 0 unspecified atom stereocenters. The summed E-state index contributed by atoms with van der Waals surface area (Å²) >= 11 is 1.75. The minimum Gasteiger partial charge on any atom is -0.311 e. The van der Waals surface area contributed by atoms with Gasteiger partial charge in [-0.3, -0.25) is 0 Å². The zero-order valence-electron chi connectivity index (χ0n) is 11.0. The second kappa shape index (κ2) is 6.78. The maximum atomic E-state index is 5.20. The predicted molar refractivity (Wildman–Crippen MR) is 75.2 cm³/mol. The molecule has 0 aliphatic rings. The van der Waals surface area contributed by atoms with Crippen LogP contribution in [0.3, 0.4) is 0 Å². The number of unbranched alkanes of at least 4 members (excludes halogenated alkanes) is 2. The molecule has 1 rings (SSSR count). The Kier molecular flexibility index (Phi) is 5.67. The summed E-state index contributed by atoms with van der Waals surface area (Å²) in [5, 5.41) is 6.76. The van der Waals surface area contributed by atoms with Gasteiger partial charge in [-0.2, -0.15) is 0 Å². The first-order chi connectivity index (χ1) is 8.04. The minimum atomic E-state index is 0.162. The molecule has 2 nitrogen and oxygen atoms in total. The number of aromatic nitrogens is 1. The summed E-state index contributed by atoms with van der Waals surface area (Å²) in [5.74, 6) is 2.66. The van der Waals surface area contributed by atoms with Crippen LogP contribution in [-0.2, 0) is 12.0 Å². The van der Waals surface area contributed by atoms with Crippen molar-refractivity contribution in [2.75, 3.05) is 6.54 Å². The third kappa shape index (κ3) is 5.34. The maximum absolute atomic E-state index is 5.20. The summed E-state index contributed by atoms with van der Waals surface area (Å²) in [6.45, 7) is 8.47. The van der Waals surface area contributed by atoms with E-state index in [2.05, 4.69) is 42.4 Å². The van der Waals surface area contributed by atoms with Crippen molar-refractivity contribution in [1.82, 2.24) is 10.3 Å². The molecule has 1 aromatic heterocycles. The Morgan fingerprint density at radius 2 is 2.18 bits per heavy atom. The first kappa shape index (κ1) is 14.2. The normalized spacial score (nSPS) is 11.4. The average Bonchev–Trinajstić information content (AvgIpc) is 2.71. The standard InChI is InChI=1S/C14H22N2S/c1-5-6-7-8-9-15-10-12-11-17-13(16-12)14(2,3)4/h1,11,15H,6-10H2,2-4H3. The zero-order chi connectivity index (χ0) is 12.7. The monoisotopic (exact) mass is 250 g/mol. The van der Waals surface area contributed by atoms with Gasteiger partial charge in [0, 0.05) is 23.8 Å². The minimum absolute atomic E-state index is 0.162. The molecule has 0 saturated heterocycles. The van der Waals surface area contributed by atoms with Gasteiger partial charge in [0.25, 0.3) is 0 Å². The third-order valence-electron chi connectivity index (χ3n) is 2.42. The van der Waals surface area contributed by atoms with Gasteiger partial charge in [-0.15, -0.1) is 23.7 Å². The van der Waals surface area contributed by atoms with Crippen molar-refractivity contribution >= 4 is 11.3 Å². The summed E-state index contributed by atoms with van der Waals surface area (Å²) in [5.41, 5.74) is 1.31. The smallest absolute Gasteiger partial charge is 0.0982 e. The summed E-state index contributed by atoms with van der Waals surface area (Å²) < 4.78 is 0. The molecule has 0 aromatic carbocycles. The van der Waals surface area contributed by atoms with Crippen LogP contribution < -0.4 is 5.32 Å². The van der Waals surface area contributed by atoms with Crippen LogP contribution >= 0.6 is 11.3 Å². The van der Waals surface area contributed by atoms with Crippen LogP contribution in [0.4, 0.5) is 0 Å². The molecule has 1 aromatic rings. The summed E-state index contributed by atoms with van der Waals surface area (Å²) in [6, 6.07) is 0. The van der Waals surface area contributed by atoms with E-state index < -0.39 is 0 Å². The van der Waals surface area contributed by atoms with E-state index in [-0.39, 0.29) is 5.41 Å². The van der Waals surface area contributed by atoms with Gasteiger partial charge >= 0.3 is 0 Å². The van der Waals surface area contributed by atoms with Crippen LogP contribution in [0.25, 0.3) is 0 Å². The first-order valence-corrected chi connectivity index (χ1v) is 7.01. The van der Waals surface area contributed by atoms with Crippen molar-refractivity contribution in [3.63, 3.8) is 0 Å². The Hall–Kier alpha value is -0.850. The number of hydrogen-bond donors (Lipinski definition) is 1. The van der Waals surface area contributed by atoms with Gasteiger partial charge in [0.15, 0.2) is 0 Å². The van der Waals surface area contributed by atoms with Gasteiger partial charge in [0.05, 0.1) is 10.7 Å². The van der Waals surface area contributed by atoms with Crippen LogP contribution in [0, 0.1) is 12.3 Å². The molecule has 0 amide bonds. The lowest BCUT2D eigenvalue weighted by atomic mass is 9.98. The lowest BCUT2D eigenvalue weighted by molar-refractivity contribution is 0.577. The van der Waals surface area contributed by atoms with E-state index in [1.54, 1.807) is 11.3 Å². The van der Waals surface area contributed by atoms with E-state index in [1.165, 1.54) is 5.01 Å². The van der Waals surface area contributed by atoms with Crippen molar-refractivity contribution < 1.29 is 0 Å². The van der Waals surface area contributed by atoms with E-state index in [4.69, 9.17) is 6.42 Å². The Bertz CT molecular complexity index is 368. The lowest BCUT2D eigenvalue weighted by Crippen LogP contribution is -2.16. The average molecular weight is 250 g/mol. The van der Waals surface area contributed by atoms with E-state index in [1.807, 2.05) is 0 Å². The van der Waals surface area contributed by atoms with E-state index >= 15 is 0 Å². The molecule has 17 heavy (non-hydrogen) atoms. The Morgan fingerprint density at radius 3 is 2.76 bits per heavy atom. The number of rotatable bonds is 6. The van der Waals surface area contributed by atoms with Gasteiger partial charge in [0.2, 0.25) is 0 Å². The zero-order valence-corrected chi connectivity index (χ0v) is 11.9. The van der Waals surface area contributed by atoms with Gasteiger partial charge in [-0.1, -0.05) is 20.8 Å². The number of hydrogen-bond acceptors (Lipinski definition) is 3. The molecule has 0 radical (unpaired) electrons. The highest BCUT2D eigenvalue weighted by molar-refractivity contribution is 7.09. The Morgan fingerprint density at radius 1 is 1.41 bits per heavy atom. The van der Waals surface area contributed by atoms with Crippen LogP contribution in [0.15, 0.2) is 5.38 Å². The largest absolute Gasteiger partial charge is 0.311 e. The quantitative estimate of drug-likeness (QED) is 0.619. The van der Waals surface area contributed by atoms with Crippen molar-refractivity contribution in [1.29, 1.82) is 0 Å². The molecule has 1 N–H and O–H groups in total. The van der Waals surface area contributed by atoms with Crippen LogP contribution in [0.2, 0.25) is 0 Å². The van der Waals surface area contributed by atoms with Crippen LogP contribution in [0.1, 0.15) is 50.7 Å². The lowest BCUT2D eigenvalue weighted by Gasteiger charge is -2.13.